The molecule has 0 amide bonds. The SMILES string of the molecule is CC1CC1C(Cc1ccc(Br)cc1)NN. The van der Waals surface area contributed by atoms with Gasteiger partial charge in [0.1, 0.15) is 0 Å². The highest BCUT2D eigenvalue weighted by molar-refractivity contribution is 9.10. The zero-order valence-corrected chi connectivity index (χ0v) is 10.5. The standard InChI is InChI=1S/C12H17BrN2/c1-8-6-11(8)12(15-14)7-9-2-4-10(13)5-3-9/h2-5,8,11-12,15H,6-7,14H2,1H3. The molecule has 0 saturated heterocycles. The van der Waals surface area contributed by atoms with Gasteiger partial charge < -0.3 is 0 Å². The number of nitrogens with one attached hydrogen (secondary N) is 1. The zero-order valence-electron chi connectivity index (χ0n) is 8.91. The van der Waals surface area contributed by atoms with Crippen molar-refractivity contribution in [3.8, 4) is 0 Å². The maximum Gasteiger partial charge on any atom is 0.0281 e. The first-order valence-corrected chi connectivity index (χ1v) is 6.20. The Morgan fingerprint density at radius 1 is 1.47 bits per heavy atom. The molecule has 15 heavy (non-hydrogen) atoms. The van der Waals surface area contributed by atoms with Gasteiger partial charge in [0.05, 0.1) is 0 Å². The van der Waals surface area contributed by atoms with Crippen molar-refractivity contribution in [1.29, 1.82) is 0 Å². The summed E-state index contributed by atoms with van der Waals surface area (Å²) in [7, 11) is 0. The second-order valence-electron chi connectivity index (χ2n) is 4.48. The maximum atomic E-state index is 5.59. The van der Waals surface area contributed by atoms with Crippen LogP contribution in [0.2, 0.25) is 0 Å². The third-order valence-corrected chi connectivity index (χ3v) is 3.80. The Hall–Kier alpha value is -0.380. The van der Waals surface area contributed by atoms with E-state index in [-0.39, 0.29) is 0 Å². The highest BCUT2D eigenvalue weighted by Gasteiger charge is 2.38. The van der Waals surface area contributed by atoms with E-state index in [0.29, 0.717) is 6.04 Å². The van der Waals surface area contributed by atoms with Crippen LogP contribution in [0.15, 0.2) is 28.7 Å². The molecule has 0 spiro atoms. The van der Waals surface area contributed by atoms with Gasteiger partial charge in [-0.1, -0.05) is 35.0 Å². The summed E-state index contributed by atoms with van der Waals surface area (Å²) in [6, 6.07) is 8.91. The summed E-state index contributed by atoms with van der Waals surface area (Å²) in [5, 5.41) is 0. The van der Waals surface area contributed by atoms with Crippen LogP contribution in [0.5, 0.6) is 0 Å². The van der Waals surface area contributed by atoms with Gasteiger partial charge in [-0.15, -0.1) is 0 Å². The molecule has 0 bridgehead atoms. The van der Waals surface area contributed by atoms with E-state index >= 15 is 0 Å². The molecule has 3 atom stereocenters. The van der Waals surface area contributed by atoms with Crippen molar-refractivity contribution in [3.63, 3.8) is 0 Å². The van der Waals surface area contributed by atoms with Crippen molar-refractivity contribution < 1.29 is 0 Å². The van der Waals surface area contributed by atoms with E-state index in [9.17, 15) is 0 Å². The van der Waals surface area contributed by atoms with Crippen molar-refractivity contribution in [2.24, 2.45) is 17.7 Å². The molecular formula is C12H17BrN2. The summed E-state index contributed by atoms with van der Waals surface area (Å²) >= 11 is 3.44. The predicted octanol–water partition coefficient (Wildman–Crippen LogP) is 2.48. The lowest BCUT2D eigenvalue weighted by Gasteiger charge is -2.15. The minimum Gasteiger partial charge on any atom is -0.271 e. The van der Waals surface area contributed by atoms with Crippen molar-refractivity contribution in [2.45, 2.75) is 25.8 Å². The second-order valence-corrected chi connectivity index (χ2v) is 5.40. The molecule has 1 aliphatic rings. The summed E-state index contributed by atoms with van der Waals surface area (Å²) in [5.74, 6) is 7.19. The molecule has 3 unspecified atom stereocenters. The fourth-order valence-corrected chi connectivity index (χ4v) is 2.38. The lowest BCUT2D eigenvalue weighted by Crippen LogP contribution is -2.38. The summed E-state index contributed by atoms with van der Waals surface area (Å²) in [6.07, 6.45) is 2.34. The molecule has 1 fully saturated rings. The molecule has 0 radical (unpaired) electrons. The van der Waals surface area contributed by atoms with Crippen LogP contribution in [0, 0.1) is 11.8 Å². The molecule has 3 N–H and O–H groups in total. The number of rotatable bonds is 4. The van der Waals surface area contributed by atoms with Crippen molar-refractivity contribution in [3.05, 3.63) is 34.3 Å². The van der Waals surface area contributed by atoms with Crippen molar-refractivity contribution >= 4 is 15.9 Å². The highest BCUT2D eigenvalue weighted by atomic mass is 79.9. The monoisotopic (exact) mass is 268 g/mol. The summed E-state index contributed by atoms with van der Waals surface area (Å²) in [6.45, 7) is 2.29. The van der Waals surface area contributed by atoms with E-state index < -0.39 is 0 Å². The molecule has 0 aromatic heterocycles. The Kier molecular flexibility index (Phi) is 3.44. The Bertz CT molecular complexity index is 323. The van der Waals surface area contributed by atoms with Crippen LogP contribution in [0.25, 0.3) is 0 Å². The summed E-state index contributed by atoms with van der Waals surface area (Å²) < 4.78 is 1.13. The molecule has 0 heterocycles. The summed E-state index contributed by atoms with van der Waals surface area (Å²) in [5.41, 5.74) is 4.29. The first-order chi connectivity index (χ1) is 7.20. The van der Waals surface area contributed by atoms with Crippen molar-refractivity contribution in [1.82, 2.24) is 5.43 Å². The lowest BCUT2D eigenvalue weighted by molar-refractivity contribution is 0.454. The fraction of sp³-hybridized carbons (Fsp3) is 0.500. The average molecular weight is 269 g/mol. The predicted molar refractivity (Wildman–Crippen MR) is 66.2 cm³/mol. The maximum absolute atomic E-state index is 5.59. The molecule has 3 heteroatoms. The van der Waals surface area contributed by atoms with Crippen LogP contribution >= 0.6 is 15.9 Å². The quantitative estimate of drug-likeness (QED) is 0.651. The Balaban J connectivity index is 1.97. The molecule has 1 aliphatic carbocycles. The first kappa shape index (κ1) is 11.1. The molecular weight excluding hydrogens is 252 g/mol. The van der Waals surface area contributed by atoms with Gasteiger partial charge in [-0.05, 0) is 42.4 Å². The second kappa shape index (κ2) is 4.64. The Morgan fingerprint density at radius 3 is 2.53 bits per heavy atom. The number of benzene rings is 1. The van der Waals surface area contributed by atoms with E-state index in [2.05, 4.69) is 52.5 Å². The van der Waals surface area contributed by atoms with Gasteiger partial charge in [0.15, 0.2) is 0 Å². The number of hydrazine groups is 1. The normalized spacial score (nSPS) is 26.3. The largest absolute Gasteiger partial charge is 0.271 e. The van der Waals surface area contributed by atoms with Gasteiger partial charge in [-0.2, -0.15) is 0 Å². The molecule has 1 aromatic carbocycles. The first-order valence-electron chi connectivity index (χ1n) is 5.41. The summed E-state index contributed by atoms with van der Waals surface area (Å²) in [4.78, 5) is 0. The molecule has 0 aliphatic heterocycles. The molecule has 2 nitrogen and oxygen atoms in total. The molecule has 2 rings (SSSR count). The van der Waals surface area contributed by atoms with Crippen LogP contribution in [-0.4, -0.2) is 6.04 Å². The van der Waals surface area contributed by atoms with Gasteiger partial charge in [0.2, 0.25) is 0 Å². The van der Waals surface area contributed by atoms with Crippen LogP contribution < -0.4 is 11.3 Å². The van der Waals surface area contributed by atoms with Crippen LogP contribution in [0.3, 0.4) is 0 Å². The van der Waals surface area contributed by atoms with Crippen LogP contribution in [0.4, 0.5) is 0 Å². The minimum absolute atomic E-state index is 0.432. The third-order valence-electron chi connectivity index (χ3n) is 3.27. The van der Waals surface area contributed by atoms with Gasteiger partial charge in [0, 0.05) is 10.5 Å². The lowest BCUT2D eigenvalue weighted by atomic mass is 10.0. The van der Waals surface area contributed by atoms with Gasteiger partial charge >= 0.3 is 0 Å². The van der Waals surface area contributed by atoms with Gasteiger partial charge in [-0.3, -0.25) is 11.3 Å². The number of halogens is 1. The van der Waals surface area contributed by atoms with Crippen LogP contribution in [0.1, 0.15) is 18.9 Å². The van der Waals surface area contributed by atoms with Crippen LogP contribution in [-0.2, 0) is 6.42 Å². The number of hydrogen-bond acceptors (Lipinski definition) is 2. The molecule has 1 saturated carbocycles. The van der Waals surface area contributed by atoms with E-state index in [0.717, 1.165) is 22.7 Å². The number of hydrogen-bond donors (Lipinski definition) is 2. The van der Waals surface area contributed by atoms with E-state index in [1.165, 1.54) is 12.0 Å². The van der Waals surface area contributed by atoms with Gasteiger partial charge in [-0.25, -0.2) is 0 Å². The van der Waals surface area contributed by atoms with E-state index in [1.54, 1.807) is 0 Å². The Labute approximate surface area is 99.3 Å². The minimum atomic E-state index is 0.432. The zero-order chi connectivity index (χ0) is 10.8. The van der Waals surface area contributed by atoms with Gasteiger partial charge in [0.25, 0.3) is 0 Å². The Morgan fingerprint density at radius 2 is 2.07 bits per heavy atom. The smallest absolute Gasteiger partial charge is 0.0281 e. The topological polar surface area (TPSA) is 38.0 Å². The third kappa shape index (κ3) is 2.80. The average Bonchev–Trinajstić information content (AvgIpc) is 2.95. The van der Waals surface area contributed by atoms with E-state index in [1.807, 2.05) is 0 Å². The van der Waals surface area contributed by atoms with Crippen molar-refractivity contribution in [2.75, 3.05) is 0 Å². The van der Waals surface area contributed by atoms with E-state index in [4.69, 9.17) is 5.84 Å². The molecule has 1 aromatic rings. The molecule has 82 valence electrons. The number of nitrogens with two attached hydrogens (primary N) is 1. The fourth-order valence-electron chi connectivity index (χ4n) is 2.12. The highest BCUT2D eigenvalue weighted by Crippen LogP contribution is 2.41.